The molecule has 0 aliphatic rings. The van der Waals surface area contributed by atoms with Crippen LogP contribution in [0.2, 0.25) is 0 Å². The number of aryl methyl sites for hydroxylation is 2. The number of nitrogens with zero attached hydrogens (tertiary/aromatic N) is 2. The van der Waals surface area contributed by atoms with Crippen molar-refractivity contribution in [1.29, 1.82) is 0 Å². The summed E-state index contributed by atoms with van der Waals surface area (Å²) in [6.07, 6.45) is 0. The predicted molar refractivity (Wildman–Crippen MR) is 155 cm³/mol. The number of hydrogen-bond acceptors (Lipinski definition) is 5. The van der Waals surface area contributed by atoms with Gasteiger partial charge in [0.15, 0.2) is 5.82 Å². The van der Waals surface area contributed by atoms with Crippen LogP contribution in [-0.4, -0.2) is 27.3 Å². The van der Waals surface area contributed by atoms with Gasteiger partial charge in [0.2, 0.25) is 0 Å². The van der Waals surface area contributed by atoms with Gasteiger partial charge in [-0.15, -0.1) is 3.71 Å². The molecule has 5 aromatic rings. The Morgan fingerprint density at radius 1 is 0.667 bits per heavy atom. The minimum Gasteiger partial charge on any atom is -0.268 e. The highest BCUT2D eigenvalue weighted by Gasteiger charge is 2.42. The number of carbonyl (C=O) groups is 1. The fourth-order valence-corrected chi connectivity index (χ4v) is 8.85. The maximum Gasteiger partial charge on any atom is 0.278 e. The van der Waals surface area contributed by atoms with Crippen LogP contribution in [0.1, 0.15) is 21.5 Å². The first kappa shape index (κ1) is 26.9. The van der Waals surface area contributed by atoms with Crippen LogP contribution in [0.3, 0.4) is 0 Å². The third-order valence-corrected chi connectivity index (χ3v) is 11.2. The number of carbonyl (C=O) groups excluding carboxylic acids is 1. The Balaban J connectivity index is 1.89. The second-order valence-electron chi connectivity index (χ2n) is 8.99. The van der Waals surface area contributed by atoms with Gasteiger partial charge >= 0.3 is 0 Å². The van der Waals surface area contributed by atoms with Crippen molar-refractivity contribution in [3.8, 4) is 0 Å². The van der Waals surface area contributed by atoms with Crippen molar-refractivity contribution >= 4 is 58.6 Å². The van der Waals surface area contributed by atoms with Crippen LogP contribution in [0.5, 0.6) is 0 Å². The van der Waals surface area contributed by atoms with Gasteiger partial charge < -0.3 is 0 Å². The number of anilines is 1. The summed E-state index contributed by atoms with van der Waals surface area (Å²) in [6.45, 7) is 3.59. The van der Waals surface area contributed by atoms with Gasteiger partial charge in [0.05, 0.1) is 19.8 Å². The summed E-state index contributed by atoms with van der Waals surface area (Å²) in [6, 6.07) is 26.8. The van der Waals surface area contributed by atoms with Crippen LogP contribution in [-0.2, 0) is 20.0 Å². The Hall–Kier alpha value is -3.73. The van der Waals surface area contributed by atoms with Gasteiger partial charge in [-0.2, -0.15) is 16.8 Å². The Labute approximate surface area is 235 Å². The third-order valence-electron chi connectivity index (χ3n) is 6.26. The predicted octanol–water partition coefficient (Wildman–Crippen LogP) is 6.29. The van der Waals surface area contributed by atoms with Crippen LogP contribution in [0, 0.1) is 13.8 Å². The summed E-state index contributed by atoms with van der Waals surface area (Å²) >= 11 is 3.45. The molecule has 1 aromatic heterocycles. The molecule has 0 aliphatic carbocycles. The highest BCUT2D eigenvalue weighted by atomic mass is 79.9. The first-order valence-electron chi connectivity index (χ1n) is 11.9. The molecule has 0 saturated carbocycles. The average molecular weight is 624 g/mol. The molecule has 0 unspecified atom stereocenters. The number of fused-ring (bicyclic) bond motifs is 1. The number of rotatable bonds is 6. The van der Waals surface area contributed by atoms with Crippen LogP contribution in [0.15, 0.2) is 117 Å². The molecule has 0 spiro atoms. The van der Waals surface area contributed by atoms with E-state index in [1.807, 2.05) is 0 Å². The molecular formula is C29H23BrN2O5S2. The van der Waals surface area contributed by atoms with Crippen LogP contribution in [0.4, 0.5) is 5.82 Å². The standard InChI is InChI=1S/C29H23BrN2O5S2/c1-20-12-16-23(17-13-20)38(34,35)32(39(36,37)24-18-14-21(2)15-19-24)28-27(30)25-10-6-7-11-26(25)31(28)29(33)22-8-4-3-5-9-22/h3-19H,1-2H3. The highest BCUT2D eigenvalue weighted by Crippen LogP contribution is 2.42. The molecule has 5 rings (SSSR count). The second-order valence-corrected chi connectivity index (χ2v) is 13.6. The van der Waals surface area contributed by atoms with Crippen molar-refractivity contribution in [2.24, 2.45) is 0 Å². The summed E-state index contributed by atoms with van der Waals surface area (Å²) in [4.78, 5) is 13.5. The van der Waals surface area contributed by atoms with Crippen molar-refractivity contribution in [2.45, 2.75) is 23.6 Å². The molecule has 0 bridgehead atoms. The zero-order valence-corrected chi connectivity index (χ0v) is 24.2. The normalized spacial score (nSPS) is 12.0. The average Bonchev–Trinajstić information content (AvgIpc) is 3.20. The van der Waals surface area contributed by atoms with Crippen LogP contribution in [0.25, 0.3) is 10.9 Å². The van der Waals surface area contributed by atoms with E-state index in [9.17, 15) is 21.6 Å². The van der Waals surface area contributed by atoms with E-state index in [0.717, 1.165) is 15.7 Å². The molecule has 39 heavy (non-hydrogen) atoms. The van der Waals surface area contributed by atoms with Gasteiger partial charge in [0, 0.05) is 10.9 Å². The maximum atomic E-state index is 14.3. The zero-order chi connectivity index (χ0) is 27.9. The summed E-state index contributed by atoms with van der Waals surface area (Å²) in [5.41, 5.74) is 2.21. The number of hydrogen-bond donors (Lipinski definition) is 0. The van der Waals surface area contributed by atoms with Gasteiger partial charge in [-0.25, -0.2) is 0 Å². The number of halogens is 1. The molecule has 198 valence electrons. The lowest BCUT2D eigenvalue weighted by molar-refractivity contribution is 0.0967. The molecule has 0 radical (unpaired) electrons. The van der Waals surface area contributed by atoms with Gasteiger partial charge in [0.1, 0.15) is 0 Å². The smallest absolute Gasteiger partial charge is 0.268 e. The lowest BCUT2D eigenvalue weighted by atomic mass is 10.2. The maximum absolute atomic E-state index is 14.3. The van der Waals surface area contributed by atoms with Crippen LogP contribution < -0.4 is 3.71 Å². The second kappa shape index (κ2) is 10.1. The summed E-state index contributed by atoms with van der Waals surface area (Å²) in [5, 5.41) is 0.472. The Morgan fingerprint density at radius 2 is 1.13 bits per heavy atom. The van der Waals surface area contributed by atoms with E-state index in [4.69, 9.17) is 0 Å². The number of aromatic nitrogens is 1. The monoisotopic (exact) mass is 622 g/mol. The third kappa shape index (κ3) is 4.69. The van der Waals surface area contributed by atoms with E-state index in [0.29, 0.717) is 14.6 Å². The van der Waals surface area contributed by atoms with E-state index in [1.165, 1.54) is 24.3 Å². The minimum atomic E-state index is -4.75. The van der Waals surface area contributed by atoms with Gasteiger partial charge in [-0.05, 0) is 72.2 Å². The zero-order valence-electron chi connectivity index (χ0n) is 20.9. The van der Waals surface area contributed by atoms with Crippen molar-refractivity contribution in [3.63, 3.8) is 0 Å². The highest BCUT2D eigenvalue weighted by molar-refractivity contribution is 9.10. The Bertz CT molecular complexity index is 1840. The Morgan fingerprint density at radius 3 is 1.64 bits per heavy atom. The van der Waals surface area contributed by atoms with Crippen LogP contribution >= 0.6 is 15.9 Å². The molecule has 0 N–H and O–H groups in total. The molecule has 7 nitrogen and oxygen atoms in total. The minimum absolute atomic E-state index is 0.147. The summed E-state index contributed by atoms with van der Waals surface area (Å²) in [7, 11) is -9.51. The molecule has 10 heteroatoms. The molecule has 0 atom stereocenters. The lowest BCUT2D eigenvalue weighted by Crippen LogP contribution is -2.39. The van der Waals surface area contributed by atoms with Crippen molar-refractivity contribution in [2.75, 3.05) is 3.71 Å². The van der Waals surface area contributed by atoms with Crippen molar-refractivity contribution in [3.05, 3.63) is 124 Å². The molecule has 0 amide bonds. The van der Waals surface area contributed by atoms with E-state index in [2.05, 4.69) is 15.9 Å². The molecule has 0 fully saturated rings. The quantitative estimate of drug-likeness (QED) is 0.222. The van der Waals surface area contributed by atoms with E-state index in [-0.39, 0.29) is 25.6 Å². The number of sulfonamides is 2. The molecular weight excluding hydrogens is 600 g/mol. The Kier molecular flexibility index (Phi) is 6.96. The lowest BCUT2D eigenvalue weighted by Gasteiger charge is -2.25. The number of para-hydroxylation sites is 1. The first-order valence-corrected chi connectivity index (χ1v) is 15.5. The summed E-state index contributed by atoms with van der Waals surface area (Å²) < 4.78 is 58.7. The van der Waals surface area contributed by atoms with Crippen molar-refractivity contribution in [1.82, 2.24) is 4.57 Å². The molecule has 0 saturated heterocycles. The fraction of sp³-hybridized carbons (Fsp3) is 0.0690. The topological polar surface area (TPSA) is 93.5 Å². The molecule has 1 heterocycles. The van der Waals surface area contributed by atoms with E-state index < -0.39 is 26.0 Å². The molecule has 0 aliphatic heterocycles. The largest absolute Gasteiger partial charge is 0.278 e. The van der Waals surface area contributed by atoms with Gasteiger partial charge in [-0.3, -0.25) is 9.36 Å². The SMILES string of the molecule is Cc1ccc(S(=O)(=O)N(c2c(Br)c3ccccc3n2C(=O)c2ccccc2)S(=O)(=O)c2ccc(C)cc2)cc1. The van der Waals surface area contributed by atoms with E-state index in [1.54, 1.807) is 92.7 Å². The number of benzene rings is 4. The van der Waals surface area contributed by atoms with E-state index >= 15 is 0 Å². The fourth-order valence-electron chi connectivity index (χ4n) is 4.23. The summed E-state index contributed by atoms with van der Waals surface area (Å²) in [5.74, 6) is -0.929. The molecule has 4 aromatic carbocycles. The van der Waals surface area contributed by atoms with Gasteiger partial charge in [0.25, 0.3) is 26.0 Å². The first-order chi connectivity index (χ1) is 18.5. The van der Waals surface area contributed by atoms with Gasteiger partial charge in [-0.1, -0.05) is 71.8 Å². The van der Waals surface area contributed by atoms with Crippen molar-refractivity contribution < 1.29 is 21.6 Å².